The van der Waals surface area contributed by atoms with E-state index < -0.39 is 83.8 Å². The molecular formula is C6H18Bi2O18S6. The second-order valence-electron chi connectivity index (χ2n) is 4.67. The first-order chi connectivity index (χ1) is 12.8. The molecule has 0 aliphatic rings. The van der Waals surface area contributed by atoms with E-state index in [4.69, 9.17) is 38.9 Å². The largest absolute Gasteiger partial charge is 3.00 e. The van der Waals surface area contributed by atoms with Crippen molar-refractivity contribution in [2.45, 2.75) is 0 Å². The first kappa shape index (κ1) is 43.3. The van der Waals surface area contributed by atoms with Crippen molar-refractivity contribution in [2.75, 3.05) is 37.5 Å². The van der Waals surface area contributed by atoms with Gasteiger partial charge in [-0.3, -0.25) is 0 Å². The predicted molar refractivity (Wildman–Crippen MR) is 106 cm³/mol. The van der Waals surface area contributed by atoms with E-state index in [0.717, 1.165) is 0 Å². The van der Waals surface area contributed by atoms with Crippen LogP contribution in [0, 0.1) is 0 Å². The van der Waals surface area contributed by atoms with Crippen LogP contribution in [0.15, 0.2) is 0 Å². The molecule has 0 heterocycles. The second-order valence-corrected chi connectivity index (χ2v) is 20.5. The summed E-state index contributed by atoms with van der Waals surface area (Å²) in [5, 5.41) is 0. The van der Waals surface area contributed by atoms with Gasteiger partial charge in [-0.1, -0.05) is 0 Å². The molecule has 0 amide bonds. The third-order valence-corrected chi connectivity index (χ3v) is 15.5. The van der Waals surface area contributed by atoms with Gasteiger partial charge in [-0.15, -0.1) is 0 Å². The molecule has 0 aliphatic carbocycles. The van der Waals surface area contributed by atoms with Crippen LogP contribution < -0.4 is 0 Å². The van der Waals surface area contributed by atoms with E-state index in [-0.39, 0.29) is 26.2 Å². The molecular weight excluding hydrogens is 970 g/mol. The Morgan fingerprint density at radius 1 is 0.438 bits per heavy atom. The van der Waals surface area contributed by atoms with E-state index in [1.165, 1.54) is 0 Å². The van der Waals surface area contributed by atoms with Crippen LogP contribution >= 0.6 is 0 Å². The smallest absolute Gasteiger partial charge is 3.00 e. The van der Waals surface area contributed by atoms with Gasteiger partial charge in [-0.05, 0) is 0 Å². The minimum absolute atomic E-state index is 0. The maximum Gasteiger partial charge on any atom is 3.00 e. The van der Waals surface area contributed by atoms with E-state index in [9.17, 15) is 25.3 Å². The summed E-state index contributed by atoms with van der Waals surface area (Å²) in [6, 6.07) is 0. The summed E-state index contributed by atoms with van der Waals surface area (Å²) < 4.78 is 158. The molecule has 0 bridgehead atoms. The number of rotatable bonds is 6. The van der Waals surface area contributed by atoms with Crippen molar-refractivity contribution in [1.82, 2.24) is 0 Å². The Kier molecular flexibility index (Phi) is 22.8. The quantitative estimate of drug-likeness (QED) is 0.178. The molecule has 0 unspecified atom stereocenters. The van der Waals surface area contributed by atoms with Crippen LogP contribution in [0.3, 0.4) is 0 Å². The molecule has 0 N–H and O–H groups in total. The van der Waals surface area contributed by atoms with Gasteiger partial charge in [-0.25, -0.2) is 25.3 Å². The van der Waals surface area contributed by atoms with Gasteiger partial charge in [0.25, 0.3) is 0 Å². The van der Waals surface area contributed by atoms with Gasteiger partial charge in [0.15, 0.2) is 0 Å². The van der Waals surface area contributed by atoms with Gasteiger partial charge in [0.1, 0.15) is 0 Å². The first-order valence-corrected chi connectivity index (χ1v) is 21.2. The first-order valence-electron chi connectivity index (χ1n) is 6.00. The van der Waals surface area contributed by atoms with Gasteiger partial charge >= 0.3 is 130 Å². The standard InChI is InChI=1S/6CH4O3S.2Bi/c6*1-5(2,3)4;;/h6*1H3,(H,2,3,4);;/q;;;;;;2*+3/p-6. The van der Waals surface area contributed by atoms with Crippen LogP contribution in [0.1, 0.15) is 0 Å². The van der Waals surface area contributed by atoms with E-state index in [1.807, 2.05) is 0 Å². The fourth-order valence-corrected chi connectivity index (χ4v) is 11.7. The minimum atomic E-state index is -4.56. The van der Waals surface area contributed by atoms with Crippen molar-refractivity contribution in [3.8, 4) is 0 Å². The van der Waals surface area contributed by atoms with Crippen molar-refractivity contribution in [2.24, 2.45) is 0 Å². The van der Waals surface area contributed by atoms with E-state index >= 15 is 0 Å². The molecule has 196 valence electrons. The molecule has 0 fully saturated rings. The normalized spacial score (nSPS) is 12.6. The maximum atomic E-state index is 10.7. The molecule has 32 heavy (non-hydrogen) atoms. The molecule has 0 aliphatic heterocycles. The molecule has 2 radical (unpaired) electrons. The van der Waals surface area contributed by atoms with Gasteiger partial charge < -0.3 is 13.7 Å². The zero-order valence-electron chi connectivity index (χ0n) is 16.7. The Hall–Kier alpha value is 1.23. The van der Waals surface area contributed by atoms with Crippen molar-refractivity contribution >= 4 is 110 Å². The SMILES string of the molecule is CS(=O)(=O)[O-].CS(=O)(=O)[O-].CS(=O)(=O)[O-].CS(=O)(=O)[O][Bi]([O]S(C)(=O)=O)[O]S(C)(=O)=O.[Bi+3]. The van der Waals surface area contributed by atoms with E-state index in [0.29, 0.717) is 37.5 Å². The molecule has 0 aromatic carbocycles. The van der Waals surface area contributed by atoms with E-state index in [1.54, 1.807) is 0 Å². The van der Waals surface area contributed by atoms with Gasteiger partial charge in [0, 0.05) is 18.8 Å². The summed E-state index contributed by atoms with van der Waals surface area (Å²) >= 11 is -4.56. The molecule has 0 atom stereocenters. The van der Waals surface area contributed by atoms with Crippen LogP contribution in [-0.2, 0) is 67.5 Å². The summed E-state index contributed by atoms with van der Waals surface area (Å²) in [6.07, 6.45) is 3.67. The number of hydrogen-bond acceptors (Lipinski definition) is 18. The van der Waals surface area contributed by atoms with Crippen molar-refractivity contribution in [3.05, 3.63) is 0 Å². The van der Waals surface area contributed by atoms with Crippen LogP contribution in [0.5, 0.6) is 0 Å². The fourth-order valence-electron chi connectivity index (χ4n) is 0.369. The predicted octanol–water partition coefficient (Wildman–Crippen LogP) is -5.00. The van der Waals surface area contributed by atoms with Crippen LogP contribution in [0.2, 0.25) is 0 Å². The summed E-state index contributed by atoms with van der Waals surface area (Å²) in [5.41, 5.74) is 0. The Labute approximate surface area is 216 Å². The summed E-state index contributed by atoms with van der Waals surface area (Å²) in [5.74, 6) is 0. The topological polar surface area (TPSA) is 302 Å². The Balaban J connectivity index is -0.000000124. The Morgan fingerprint density at radius 2 is 0.531 bits per heavy atom. The third kappa shape index (κ3) is 108. The fraction of sp³-hybridized carbons (Fsp3) is 1.00. The number of hydrogen-bond donors (Lipinski definition) is 0. The van der Waals surface area contributed by atoms with Crippen molar-refractivity contribution in [3.63, 3.8) is 0 Å². The monoisotopic (exact) mass is 988 g/mol. The average Bonchev–Trinajstić information content (AvgIpc) is 2.10. The molecule has 0 saturated heterocycles. The van der Waals surface area contributed by atoms with Crippen LogP contribution in [0.25, 0.3) is 0 Å². The molecule has 18 nitrogen and oxygen atoms in total. The van der Waals surface area contributed by atoms with Crippen LogP contribution in [0.4, 0.5) is 0 Å². The van der Waals surface area contributed by atoms with Gasteiger partial charge in [-0.2, -0.15) is 0 Å². The zero-order chi connectivity index (χ0) is 26.7. The van der Waals surface area contributed by atoms with Crippen molar-refractivity contribution < 1.29 is 70.9 Å². The molecule has 0 spiro atoms. The molecule has 0 rings (SSSR count). The summed E-state index contributed by atoms with van der Waals surface area (Å²) in [4.78, 5) is 0. The molecule has 0 aromatic heterocycles. The second kappa shape index (κ2) is 16.8. The Morgan fingerprint density at radius 3 is 0.594 bits per heavy atom. The van der Waals surface area contributed by atoms with E-state index in [2.05, 4.69) is 6.78 Å². The van der Waals surface area contributed by atoms with Crippen molar-refractivity contribution in [1.29, 1.82) is 0 Å². The summed E-state index contributed by atoms with van der Waals surface area (Å²) in [6.45, 7) is 0. The van der Waals surface area contributed by atoms with Gasteiger partial charge in [0.2, 0.25) is 0 Å². The Bertz CT molecular complexity index is 984. The minimum Gasteiger partial charge on any atom is 3.00 e. The summed E-state index contributed by atoms with van der Waals surface area (Å²) in [7, 11) is -23.9. The third-order valence-electron chi connectivity index (χ3n) is 0.589. The van der Waals surface area contributed by atoms with Crippen LogP contribution in [-0.4, -0.2) is 151 Å². The van der Waals surface area contributed by atoms with Gasteiger partial charge in [0.05, 0.1) is 30.4 Å². The average molecular weight is 989 g/mol. The zero-order valence-corrected chi connectivity index (χ0v) is 28.5. The maximum absolute atomic E-state index is 10.7. The molecule has 26 heteroatoms. The molecule has 0 saturated carbocycles. The molecule has 0 aromatic rings.